The molecule has 1 heterocycles. The second kappa shape index (κ2) is 6.62. The molecular formula is C20H18Cl2N2. The van der Waals surface area contributed by atoms with Crippen molar-refractivity contribution in [2.75, 3.05) is 0 Å². The zero-order valence-electron chi connectivity index (χ0n) is 13.2. The fraction of sp³-hybridized carbons (Fsp3) is 0.250. The number of benzene rings is 2. The van der Waals surface area contributed by atoms with Crippen molar-refractivity contribution in [1.82, 2.24) is 9.78 Å². The summed E-state index contributed by atoms with van der Waals surface area (Å²) in [6, 6.07) is 20.5. The fourth-order valence-electron chi connectivity index (χ4n) is 3.46. The first kappa shape index (κ1) is 15.7. The van der Waals surface area contributed by atoms with Gasteiger partial charge in [0, 0.05) is 11.1 Å². The minimum absolute atomic E-state index is 0.104. The summed E-state index contributed by atoms with van der Waals surface area (Å²) in [5, 5.41) is 5.69. The molecule has 0 radical (unpaired) electrons. The molecular weight excluding hydrogens is 339 g/mol. The Hall–Kier alpha value is -1.77. The topological polar surface area (TPSA) is 17.8 Å². The summed E-state index contributed by atoms with van der Waals surface area (Å²) in [6.45, 7) is 0. The molecule has 2 nitrogen and oxygen atoms in total. The predicted octanol–water partition coefficient (Wildman–Crippen LogP) is 6.20. The van der Waals surface area contributed by atoms with E-state index in [0.29, 0.717) is 5.02 Å². The van der Waals surface area contributed by atoms with Crippen molar-refractivity contribution in [3.05, 3.63) is 65.7 Å². The SMILES string of the molecule is Clc1c(-c2ccccc2)nn(C2CCCC2Cl)c1-c1ccccc1. The molecule has 0 aliphatic heterocycles. The van der Waals surface area contributed by atoms with Crippen molar-refractivity contribution in [1.29, 1.82) is 0 Å². The van der Waals surface area contributed by atoms with Crippen LogP contribution in [-0.2, 0) is 0 Å². The number of hydrogen-bond donors (Lipinski definition) is 0. The smallest absolute Gasteiger partial charge is 0.112 e. The van der Waals surface area contributed by atoms with Crippen LogP contribution in [0.5, 0.6) is 0 Å². The van der Waals surface area contributed by atoms with Gasteiger partial charge < -0.3 is 0 Å². The van der Waals surface area contributed by atoms with Gasteiger partial charge in [-0.15, -0.1) is 11.6 Å². The summed E-state index contributed by atoms with van der Waals surface area (Å²) >= 11 is 13.4. The molecule has 122 valence electrons. The number of rotatable bonds is 3. The fourth-order valence-corrected chi connectivity index (χ4v) is 4.19. The first-order chi connectivity index (χ1) is 11.8. The van der Waals surface area contributed by atoms with Gasteiger partial charge in [0.05, 0.1) is 22.1 Å². The van der Waals surface area contributed by atoms with E-state index in [4.69, 9.17) is 28.3 Å². The summed E-state index contributed by atoms with van der Waals surface area (Å²) in [4.78, 5) is 0. The predicted molar refractivity (Wildman–Crippen MR) is 101 cm³/mol. The van der Waals surface area contributed by atoms with E-state index in [1.54, 1.807) is 0 Å². The molecule has 0 spiro atoms. The lowest BCUT2D eigenvalue weighted by atomic mass is 10.1. The Bertz CT molecular complexity index is 828. The third-order valence-corrected chi connectivity index (χ3v) is 5.53. The maximum atomic E-state index is 6.80. The number of hydrogen-bond acceptors (Lipinski definition) is 1. The number of halogens is 2. The summed E-state index contributed by atoms with van der Waals surface area (Å²) in [5.74, 6) is 0. The summed E-state index contributed by atoms with van der Waals surface area (Å²) in [7, 11) is 0. The zero-order chi connectivity index (χ0) is 16.5. The molecule has 2 unspecified atom stereocenters. The maximum absolute atomic E-state index is 6.80. The number of alkyl halides is 1. The zero-order valence-corrected chi connectivity index (χ0v) is 14.7. The Morgan fingerprint density at radius 2 is 1.50 bits per heavy atom. The quantitative estimate of drug-likeness (QED) is 0.510. The third kappa shape index (κ3) is 2.74. The molecule has 1 aromatic heterocycles. The first-order valence-electron chi connectivity index (χ1n) is 8.28. The largest absolute Gasteiger partial charge is 0.258 e. The van der Waals surface area contributed by atoms with Crippen molar-refractivity contribution in [3.8, 4) is 22.5 Å². The molecule has 4 heteroatoms. The molecule has 2 aromatic carbocycles. The molecule has 0 saturated heterocycles. The van der Waals surface area contributed by atoms with E-state index in [1.165, 1.54) is 0 Å². The minimum atomic E-state index is 0.104. The molecule has 1 aliphatic rings. The molecule has 1 aliphatic carbocycles. The van der Waals surface area contributed by atoms with Gasteiger partial charge in [-0.3, -0.25) is 4.68 Å². The van der Waals surface area contributed by atoms with E-state index < -0.39 is 0 Å². The van der Waals surface area contributed by atoms with Crippen molar-refractivity contribution in [3.63, 3.8) is 0 Å². The van der Waals surface area contributed by atoms with Gasteiger partial charge >= 0.3 is 0 Å². The van der Waals surface area contributed by atoms with Gasteiger partial charge in [0.1, 0.15) is 5.69 Å². The second-order valence-electron chi connectivity index (χ2n) is 6.20. The Balaban J connectivity index is 1.91. The van der Waals surface area contributed by atoms with Gasteiger partial charge in [0.2, 0.25) is 0 Å². The molecule has 3 aromatic rings. The van der Waals surface area contributed by atoms with Crippen LogP contribution < -0.4 is 0 Å². The Kier molecular flexibility index (Phi) is 4.34. The summed E-state index contributed by atoms with van der Waals surface area (Å²) in [5.41, 5.74) is 3.90. The van der Waals surface area contributed by atoms with Crippen LogP contribution >= 0.6 is 23.2 Å². The van der Waals surface area contributed by atoms with Crippen LogP contribution in [0.2, 0.25) is 5.02 Å². The lowest BCUT2D eigenvalue weighted by Crippen LogP contribution is -2.16. The van der Waals surface area contributed by atoms with Crippen LogP contribution in [0.3, 0.4) is 0 Å². The van der Waals surface area contributed by atoms with Gasteiger partial charge in [0.15, 0.2) is 0 Å². The van der Waals surface area contributed by atoms with E-state index >= 15 is 0 Å². The van der Waals surface area contributed by atoms with E-state index in [1.807, 2.05) is 48.5 Å². The van der Waals surface area contributed by atoms with E-state index in [2.05, 4.69) is 16.8 Å². The van der Waals surface area contributed by atoms with Gasteiger partial charge in [-0.05, 0) is 19.3 Å². The normalized spacial score (nSPS) is 20.4. The van der Waals surface area contributed by atoms with Crippen LogP contribution in [0.1, 0.15) is 25.3 Å². The second-order valence-corrected chi connectivity index (χ2v) is 7.14. The highest BCUT2D eigenvalue weighted by Gasteiger charge is 2.31. The molecule has 1 saturated carbocycles. The highest BCUT2D eigenvalue weighted by atomic mass is 35.5. The average molecular weight is 357 g/mol. The average Bonchev–Trinajstić information content (AvgIpc) is 3.19. The van der Waals surface area contributed by atoms with Crippen molar-refractivity contribution < 1.29 is 0 Å². The number of aromatic nitrogens is 2. The van der Waals surface area contributed by atoms with Crippen molar-refractivity contribution >= 4 is 23.2 Å². The molecule has 0 bridgehead atoms. The Labute approximate surface area is 152 Å². The summed E-state index contributed by atoms with van der Waals surface area (Å²) < 4.78 is 2.06. The Morgan fingerprint density at radius 3 is 2.08 bits per heavy atom. The highest BCUT2D eigenvalue weighted by Crippen LogP contribution is 2.42. The molecule has 0 amide bonds. The monoisotopic (exact) mass is 356 g/mol. The van der Waals surface area contributed by atoms with Crippen LogP contribution in [-0.4, -0.2) is 15.2 Å². The van der Waals surface area contributed by atoms with E-state index in [0.717, 1.165) is 41.8 Å². The van der Waals surface area contributed by atoms with Gasteiger partial charge in [-0.1, -0.05) is 72.3 Å². The van der Waals surface area contributed by atoms with Crippen LogP contribution in [0.4, 0.5) is 0 Å². The lowest BCUT2D eigenvalue weighted by Gasteiger charge is -2.18. The number of nitrogens with zero attached hydrogens (tertiary/aromatic N) is 2. The summed E-state index contributed by atoms with van der Waals surface area (Å²) in [6.07, 6.45) is 3.20. The molecule has 24 heavy (non-hydrogen) atoms. The van der Waals surface area contributed by atoms with Gasteiger partial charge in [-0.25, -0.2) is 0 Å². The van der Waals surface area contributed by atoms with Crippen molar-refractivity contribution in [2.45, 2.75) is 30.7 Å². The molecule has 1 fully saturated rings. The minimum Gasteiger partial charge on any atom is -0.258 e. The van der Waals surface area contributed by atoms with E-state index in [-0.39, 0.29) is 11.4 Å². The molecule has 4 rings (SSSR count). The standard InChI is InChI=1S/C20H18Cl2N2/c21-16-12-7-13-17(16)24-20(15-10-5-2-6-11-15)18(22)19(23-24)14-8-3-1-4-9-14/h1-6,8-11,16-17H,7,12-13H2. The highest BCUT2D eigenvalue weighted by molar-refractivity contribution is 6.35. The Morgan fingerprint density at radius 1 is 0.875 bits per heavy atom. The molecule has 2 atom stereocenters. The molecule has 0 N–H and O–H groups in total. The van der Waals surface area contributed by atoms with Gasteiger partial charge in [0.25, 0.3) is 0 Å². The van der Waals surface area contributed by atoms with Crippen LogP contribution in [0.15, 0.2) is 60.7 Å². The van der Waals surface area contributed by atoms with Crippen LogP contribution in [0.25, 0.3) is 22.5 Å². The third-order valence-electron chi connectivity index (χ3n) is 4.66. The van der Waals surface area contributed by atoms with Crippen LogP contribution in [0, 0.1) is 0 Å². The van der Waals surface area contributed by atoms with Gasteiger partial charge in [-0.2, -0.15) is 5.10 Å². The van der Waals surface area contributed by atoms with Crippen molar-refractivity contribution in [2.24, 2.45) is 0 Å². The first-order valence-corrected chi connectivity index (χ1v) is 9.10. The maximum Gasteiger partial charge on any atom is 0.112 e. The lowest BCUT2D eigenvalue weighted by molar-refractivity contribution is 0.478. The van der Waals surface area contributed by atoms with E-state index in [9.17, 15) is 0 Å².